The maximum Gasteiger partial charge on any atom is 0.427 e. The van der Waals surface area contributed by atoms with Gasteiger partial charge in [0, 0.05) is 24.7 Å². The molecule has 3 rings (SSSR count). The number of methoxy groups -OCH3 is 2. The van der Waals surface area contributed by atoms with E-state index in [0.29, 0.717) is 16.9 Å². The number of nitrogens with two attached hydrogens (primary N) is 1. The average Bonchev–Trinajstić information content (AvgIpc) is 2.96. The van der Waals surface area contributed by atoms with E-state index in [0.717, 1.165) is 26.6 Å². The lowest BCUT2D eigenvalue weighted by Gasteiger charge is -2.32. The minimum absolute atomic E-state index is 0.158. The van der Waals surface area contributed by atoms with Gasteiger partial charge in [0.25, 0.3) is 0 Å². The van der Waals surface area contributed by atoms with Crippen molar-refractivity contribution in [2.24, 2.45) is 10.8 Å². The van der Waals surface area contributed by atoms with Crippen LogP contribution >= 0.6 is 0 Å². The Morgan fingerprint density at radius 1 is 1.02 bits per heavy atom. The van der Waals surface area contributed by atoms with Gasteiger partial charge in [0.1, 0.15) is 5.75 Å². The number of hydrogen-bond acceptors (Lipinski definition) is 7. The standard InChI is InChI=1S/C30H36N4O6S/c1-18-12-13-19(2)28(20(18)3)21(4)25(17-32-33-30(36)40-7)34(5)41(37,38)27-16-22(14-15-24(27)29(31)35)23-10-8-9-11-26(23)39-6/h8-17,21,25H,1-7H3,(H2,31,35)(H,33,36). The summed E-state index contributed by atoms with van der Waals surface area (Å²) in [6, 6.07) is 14.7. The summed E-state index contributed by atoms with van der Waals surface area (Å²) in [6.07, 6.45) is 0.538. The van der Waals surface area contributed by atoms with Crippen LogP contribution in [0.15, 0.2) is 64.6 Å². The third kappa shape index (κ3) is 6.58. The molecule has 2 atom stereocenters. The fourth-order valence-electron chi connectivity index (χ4n) is 4.90. The van der Waals surface area contributed by atoms with Gasteiger partial charge in [0.15, 0.2) is 0 Å². The molecule has 0 saturated heterocycles. The first-order chi connectivity index (χ1) is 19.3. The number of ether oxygens (including phenoxy) is 2. The van der Waals surface area contributed by atoms with Crippen LogP contribution in [0.5, 0.6) is 5.75 Å². The highest BCUT2D eigenvalue weighted by molar-refractivity contribution is 7.89. The van der Waals surface area contributed by atoms with Crippen LogP contribution in [0.3, 0.4) is 0 Å². The van der Waals surface area contributed by atoms with Crippen LogP contribution in [0, 0.1) is 20.8 Å². The van der Waals surface area contributed by atoms with E-state index in [4.69, 9.17) is 10.5 Å². The smallest absolute Gasteiger partial charge is 0.427 e. The summed E-state index contributed by atoms with van der Waals surface area (Å²) in [5, 5.41) is 3.98. The Hall–Kier alpha value is -4.22. The van der Waals surface area contributed by atoms with Crippen molar-refractivity contribution in [3.05, 3.63) is 82.4 Å². The third-order valence-electron chi connectivity index (χ3n) is 7.28. The number of nitrogens with zero attached hydrogens (tertiary/aromatic N) is 2. The summed E-state index contributed by atoms with van der Waals surface area (Å²) in [7, 11) is -0.234. The second-order valence-electron chi connectivity index (χ2n) is 9.70. The number of sulfonamides is 1. The summed E-state index contributed by atoms with van der Waals surface area (Å²) in [4.78, 5) is 23.8. The van der Waals surface area contributed by atoms with Gasteiger partial charge in [-0.25, -0.2) is 18.6 Å². The zero-order valence-electron chi connectivity index (χ0n) is 24.3. The Labute approximate surface area is 241 Å². The number of benzene rings is 3. The number of hydrazone groups is 1. The highest BCUT2D eigenvalue weighted by Gasteiger charge is 2.35. The van der Waals surface area contributed by atoms with Crippen molar-refractivity contribution in [1.82, 2.24) is 9.73 Å². The van der Waals surface area contributed by atoms with E-state index in [-0.39, 0.29) is 10.5 Å². The number of carbonyl (C=O) groups is 2. The van der Waals surface area contributed by atoms with E-state index in [1.165, 1.54) is 39.6 Å². The number of hydrogen-bond donors (Lipinski definition) is 2. The number of primary amides is 1. The van der Waals surface area contributed by atoms with Gasteiger partial charge < -0.3 is 15.2 Å². The maximum absolute atomic E-state index is 14.3. The van der Waals surface area contributed by atoms with Gasteiger partial charge in [-0.15, -0.1) is 0 Å². The number of aryl methyl sites for hydroxylation is 2. The van der Waals surface area contributed by atoms with Gasteiger partial charge >= 0.3 is 6.09 Å². The van der Waals surface area contributed by atoms with Crippen LogP contribution in [0.4, 0.5) is 4.79 Å². The van der Waals surface area contributed by atoms with Crippen molar-refractivity contribution in [3.8, 4) is 16.9 Å². The highest BCUT2D eigenvalue weighted by Crippen LogP contribution is 2.35. The van der Waals surface area contributed by atoms with Gasteiger partial charge in [-0.1, -0.05) is 43.3 Å². The molecule has 0 fully saturated rings. The molecule has 3 N–H and O–H groups in total. The van der Waals surface area contributed by atoms with Crippen molar-refractivity contribution in [3.63, 3.8) is 0 Å². The van der Waals surface area contributed by atoms with Crippen molar-refractivity contribution < 1.29 is 27.5 Å². The Bertz CT molecular complexity index is 1590. The van der Waals surface area contributed by atoms with Gasteiger partial charge in [0.2, 0.25) is 15.9 Å². The van der Waals surface area contributed by atoms with Crippen LogP contribution < -0.4 is 15.9 Å². The lowest BCUT2D eigenvalue weighted by atomic mass is 9.85. The minimum atomic E-state index is -4.35. The first kappa shape index (κ1) is 31.3. The summed E-state index contributed by atoms with van der Waals surface area (Å²) in [6.45, 7) is 7.80. The molecular weight excluding hydrogens is 544 g/mol. The van der Waals surface area contributed by atoms with Crippen LogP contribution in [0.1, 0.15) is 45.5 Å². The van der Waals surface area contributed by atoms with Crippen LogP contribution in [-0.4, -0.2) is 58.2 Å². The second-order valence-corrected chi connectivity index (χ2v) is 11.7. The molecule has 3 aromatic rings. The molecule has 2 amide bonds. The molecular formula is C30H36N4O6S. The summed E-state index contributed by atoms with van der Waals surface area (Å²) >= 11 is 0. The van der Waals surface area contributed by atoms with Crippen LogP contribution in [0.25, 0.3) is 11.1 Å². The molecule has 0 aliphatic rings. The lowest BCUT2D eigenvalue weighted by Crippen LogP contribution is -2.43. The Kier molecular flexibility index (Phi) is 9.90. The fourth-order valence-corrected chi connectivity index (χ4v) is 6.49. The Balaban J connectivity index is 2.20. The molecule has 0 aromatic heterocycles. The van der Waals surface area contributed by atoms with Crippen molar-refractivity contribution in [2.75, 3.05) is 21.3 Å². The van der Waals surface area contributed by atoms with Gasteiger partial charge in [-0.05, 0) is 66.8 Å². The lowest BCUT2D eigenvalue weighted by molar-refractivity contribution is 0.0997. The number of likely N-dealkylation sites (N-methyl/N-ethyl adjacent to an activating group) is 1. The molecule has 0 aliphatic carbocycles. The molecule has 0 saturated carbocycles. The van der Waals surface area contributed by atoms with Gasteiger partial charge in [0.05, 0.1) is 30.7 Å². The van der Waals surface area contributed by atoms with E-state index in [9.17, 15) is 18.0 Å². The molecule has 0 spiro atoms. The van der Waals surface area contributed by atoms with E-state index < -0.39 is 34.0 Å². The molecule has 0 heterocycles. The SMILES string of the molecule is COC(=O)NN=CC(C(C)c1c(C)ccc(C)c1C)N(C)S(=O)(=O)c1cc(-c2ccccc2OC)ccc1C(N)=O. The largest absolute Gasteiger partial charge is 0.496 e. The molecule has 0 radical (unpaired) electrons. The highest BCUT2D eigenvalue weighted by atomic mass is 32.2. The van der Waals surface area contributed by atoms with Gasteiger partial charge in [-0.2, -0.15) is 9.41 Å². The number of para-hydroxylation sites is 1. The quantitative estimate of drug-likeness (QED) is 0.267. The van der Waals surface area contributed by atoms with E-state index in [1.54, 1.807) is 30.3 Å². The maximum atomic E-state index is 14.3. The Morgan fingerprint density at radius 3 is 2.32 bits per heavy atom. The molecule has 11 heteroatoms. The van der Waals surface area contributed by atoms with Crippen molar-refractivity contribution >= 4 is 28.2 Å². The van der Waals surface area contributed by atoms with Crippen LogP contribution in [0.2, 0.25) is 0 Å². The average molecular weight is 581 g/mol. The first-order valence-electron chi connectivity index (χ1n) is 12.8. The van der Waals surface area contributed by atoms with Crippen molar-refractivity contribution in [1.29, 1.82) is 0 Å². The van der Waals surface area contributed by atoms with E-state index in [2.05, 4.69) is 15.3 Å². The molecule has 218 valence electrons. The van der Waals surface area contributed by atoms with E-state index >= 15 is 0 Å². The number of amides is 2. The predicted molar refractivity (Wildman–Crippen MR) is 159 cm³/mol. The molecule has 3 aromatic carbocycles. The summed E-state index contributed by atoms with van der Waals surface area (Å²) in [5.41, 5.74) is 12.8. The van der Waals surface area contributed by atoms with Crippen molar-refractivity contribution in [2.45, 2.75) is 44.6 Å². The molecule has 0 bridgehead atoms. The molecule has 2 unspecified atom stereocenters. The fraction of sp³-hybridized carbons (Fsp3) is 0.300. The third-order valence-corrected chi connectivity index (χ3v) is 9.18. The molecule has 41 heavy (non-hydrogen) atoms. The molecule has 0 aliphatic heterocycles. The molecule has 10 nitrogen and oxygen atoms in total. The summed E-state index contributed by atoms with van der Waals surface area (Å²) < 4.78 is 39.7. The van der Waals surface area contributed by atoms with Gasteiger partial charge in [-0.3, -0.25) is 4.79 Å². The predicted octanol–water partition coefficient (Wildman–Crippen LogP) is 4.52. The second kappa shape index (κ2) is 13.0. The topological polar surface area (TPSA) is 140 Å². The van der Waals surface area contributed by atoms with E-state index in [1.807, 2.05) is 39.8 Å². The zero-order valence-corrected chi connectivity index (χ0v) is 25.1. The summed E-state index contributed by atoms with van der Waals surface area (Å²) in [5.74, 6) is -0.763. The first-order valence-corrected chi connectivity index (χ1v) is 14.3. The van der Waals surface area contributed by atoms with Crippen LogP contribution in [-0.2, 0) is 14.8 Å². The zero-order chi connectivity index (χ0) is 30.5. The monoisotopic (exact) mass is 580 g/mol. The normalized spacial score (nSPS) is 13.2. The Morgan fingerprint density at radius 2 is 1.68 bits per heavy atom. The number of rotatable bonds is 10. The minimum Gasteiger partial charge on any atom is -0.496 e. The number of carbonyl (C=O) groups excluding carboxylic acids is 2. The number of nitrogens with one attached hydrogen (secondary N) is 1.